The minimum absolute atomic E-state index is 0.284. The van der Waals surface area contributed by atoms with Gasteiger partial charge in [-0.2, -0.15) is 0 Å². The van der Waals surface area contributed by atoms with E-state index in [1.807, 2.05) is 29.0 Å². The van der Waals surface area contributed by atoms with Crippen LogP contribution in [0.15, 0.2) is 48.5 Å². The number of halogens is 3. The van der Waals surface area contributed by atoms with Gasteiger partial charge in [-0.05, 0) is 0 Å². The second-order valence-electron chi connectivity index (χ2n) is 5.75. The van der Waals surface area contributed by atoms with E-state index >= 15 is 0 Å². The summed E-state index contributed by atoms with van der Waals surface area (Å²) in [6, 6.07) is 13.4. The van der Waals surface area contributed by atoms with Crippen molar-refractivity contribution < 1.29 is 26.3 Å². The molecule has 4 nitrogen and oxygen atoms in total. The van der Waals surface area contributed by atoms with E-state index in [-0.39, 0.29) is 19.8 Å². The number of alkyl halides is 3. The Kier molecular flexibility index (Phi) is 5.35. The molecule has 1 aliphatic carbocycles. The molecule has 26 heavy (non-hydrogen) atoms. The quantitative estimate of drug-likeness (QED) is 0.713. The van der Waals surface area contributed by atoms with Gasteiger partial charge in [0.15, 0.2) is 0 Å². The molecule has 0 saturated carbocycles. The zero-order valence-electron chi connectivity index (χ0n) is 13.7. The van der Waals surface area contributed by atoms with Gasteiger partial charge in [-0.15, -0.1) is 0 Å². The summed E-state index contributed by atoms with van der Waals surface area (Å²) in [5.41, 5.74) is -3.88. The normalized spacial score (nSPS) is 20.0. The Balaban J connectivity index is 1.94. The molecule has 2 aromatic carbocycles. The van der Waals surface area contributed by atoms with Crippen molar-refractivity contribution >= 4 is 29.4 Å². The standard InChI is InChI=1S/C17H16F3NO3SSe/c1-24-13-8-4-5-9-14(13)26-15-10-11-6-2-3-7-12(11)16(15)21-25(22,23)17(18,19)20/h2-9,15-16,21H,10H2,1H3. The number of nitrogens with one attached hydrogen (secondary N) is 1. The minimum atomic E-state index is -5.44. The van der Waals surface area contributed by atoms with E-state index < -0.39 is 21.6 Å². The first-order chi connectivity index (χ1) is 12.2. The van der Waals surface area contributed by atoms with Crippen molar-refractivity contribution in [3.8, 4) is 5.75 Å². The third-order valence-electron chi connectivity index (χ3n) is 4.12. The molecular weight excluding hydrogens is 434 g/mol. The molecule has 3 rings (SSSR count). The summed E-state index contributed by atoms with van der Waals surface area (Å²) in [5.74, 6) is 0.654. The fraction of sp³-hybridized carbons (Fsp3) is 0.294. The third kappa shape index (κ3) is 3.76. The Morgan fingerprint density at radius 1 is 1.12 bits per heavy atom. The average molecular weight is 450 g/mol. The van der Waals surface area contributed by atoms with E-state index in [4.69, 9.17) is 4.74 Å². The zero-order valence-corrected chi connectivity index (χ0v) is 16.2. The molecule has 0 fully saturated rings. The summed E-state index contributed by atoms with van der Waals surface area (Å²) in [4.78, 5) is -0.284. The molecule has 0 bridgehead atoms. The van der Waals surface area contributed by atoms with Crippen LogP contribution in [0.4, 0.5) is 13.2 Å². The summed E-state index contributed by atoms with van der Waals surface area (Å²) in [5, 5.41) is 0. The molecule has 140 valence electrons. The molecular formula is C17H16F3NO3SSe. The number of hydrogen-bond acceptors (Lipinski definition) is 3. The number of benzene rings is 2. The number of methoxy groups -OCH3 is 1. The Labute approximate surface area is 156 Å². The number of ether oxygens (including phenoxy) is 1. The van der Waals surface area contributed by atoms with Crippen LogP contribution in [0.2, 0.25) is 4.82 Å². The molecule has 2 atom stereocenters. The van der Waals surface area contributed by atoms with E-state index in [0.717, 1.165) is 10.0 Å². The van der Waals surface area contributed by atoms with Crippen molar-refractivity contribution in [1.82, 2.24) is 4.72 Å². The predicted molar refractivity (Wildman–Crippen MR) is 93.1 cm³/mol. The maximum absolute atomic E-state index is 12.9. The predicted octanol–water partition coefficient (Wildman–Crippen LogP) is 2.55. The first kappa shape index (κ1) is 19.2. The molecule has 0 heterocycles. The molecule has 2 aromatic rings. The molecule has 9 heteroatoms. The van der Waals surface area contributed by atoms with Gasteiger partial charge in [0, 0.05) is 0 Å². The fourth-order valence-electron chi connectivity index (χ4n) is 2.92. The van der Waals surface area contributed by atoms with Crippen LogP contribution in [0.5, 0.6) is 5.75 Å². The van der Waals surface area contributed by atoms with E-state index in [1.54, 1.807) is 24.3 Å². The van der Waals surface area contributed by atoms with Crippen LogP contribution in [0.1, 0.15) is 17.2 Å². The van der Waals surface area contributed by atoms with Crippen molar-refractivity contribution in [2.75, 3.05) is 7.11 Å². The molecule has 1 aliphatic rings. The monoisotopic (exact) mass is 451 g/mol. The Hall–Kier alpha value is -1.54. The third-order valence-corrected chi connectivity index (χ3v) is 8.09. The molecule has 0 amide bonds. The molecule has 1 N–H and O–H groups in total. The van der Waals surface area contributed by atoms with Crippen LogP contribution in [0.25, 0.3) is 0 Å². The van der Waals surface area contributed by atoms with Crippen molar-refractivity contribution in [2.24, 2.45) is 0 Å². The van der Waals surface area contributed by atoms with Gasteiger partial charge >= 0.3 is 156 Å². The van der Waals surface area contributed by atoms with Gasteiger partial charge in [0.1, 0.15) is 0 Å². The van der Waals surface area contributed by atoms with Gasteiger partial charge < -0.3 is 0 Å². The average Bonchev–Trinajstić information content (AvgIpc) is 2.91. The Morgan fingerprint density at radius 2 is 1.77 bits per heavy atom. The molecule has 0 spiro atoms. The number of para-hydroxylation sites is 1. The van der Waals surface area contributed by atoms with Gasteiger partial charge in [0.25, 0.3) is 0 Å². The van der Waals surface area contributed by atoms with Crippen LogP contribution in [-0.2, 0) is 16.4 Å². The van der Waals surface area contributed by atoms with Crippen molar-refractivity contribution in [3.63, 3.8) is 0 Å². The number of fused-ring (bicyclic) bond motifs is 1. The first-order valence-corrected chi connectivity index (χ1v) is 11.0. The summed E-state index contributed by atoms with van der Waals surface area (Å²) < 4.78 is 70.1. The SMILES string of the molecule is COc1ccccc1[Se]C1Cc2ccccc2C1NS(=O)(=O)C(F)(F)F. The van der Waals surface area contributed by atoms with E-state index in [0.29, 0.717) is 17.7 Å². The van der Waals surface area contributed by atoms with Crippen molar-refractivity contribution in [3.05, 3.63) is 59.7 Å². The maximum atomic E-state index is 12.9. The van der Waals surface area contributed by atoms with Gasteiger partial charge in [0.2, 0.25) is 0 Å². The van der Waals surface area contributed by atoms with E-state index in [1.165, 1.54) is 7.11 Å². The number of hydrogen-bond donors (Lipinski definition) is 1. The van der Waals surface area contributed by atoms with Crippen molar-refractivity contribution in [2.45, 2.75) is 22.8 Å². The first-order valence-electron chi connectivity index (χ1n) is 7.69. The molecule has 0 saturated heterocycles. The van der Waals surface area contributed by atoms with Crippen molar-refractivity contribution in [1.29, 1.82) is 0 Å². The van der Waals surface area contributed by atoms with Crippen LogP contribution >= 0.6 is 0 Å². The summed E-state index contributed by atoms with van der Waals surface area (Å²) in [6.45, 7) is 0. The van der Waals surface area contributed by atoms with Gasteiger partial charge in [-0.3, -0.25) is 0 Å². The van der Waals surface area contributed by atoms with Crippen LogP contribution in [0, 0.1) is 0 Å². The second kappa shape index (κ2) is 7.23. The zero-order chi connectivity index (χ0) is 18.9. The summed E-state index contributed by atoms with van der Waals surface area (Å²) in [7, 11) is -3.91. The topological polar surface area (TPSA) is 55.4 Å². The van der Waals surface area contributed by atoms with Gasteiger partial charge in [0.05, 0.1) is 0 Å². The van der Waals surface area contributed by atoms with Crippen LogP contribution in [0.3, 0.4) is 0 Å². The second-order valence-corrected chi connectivity index (χ2v) is 10.1. The van der Waals surface area contributed by atoms with Crippen LogP contribution in [-0.4, -0.2) is 36.0 Å². The molecule has 0 aromatic heterocycles. The van der Waals surface area contributed by atoms with Gasteiger partial charge in [-0.1, -0.05) is 0 Å². The van der Waals surface area contributed by atoms with E-state index in [9.17, 15) is 21.6 Å². The summed E-state index contributed by atoms with van der Waals surface area (Å²) in [6.07, 6.45) is 0.513. The Morgan fingerprint density at radius 3 is 2.46 bits per heavy atom. The fourth-order valence-corrected chi connectivity index (χ4v) is 6.74. The number of rotatable bonds is 5. The Bertz CT molecular complexity index is 902. The molecule has 0 radical (unpaired) electrons. The molecule has 2 unspecified atom stereocenters. The van der Waals surface area contributed by atoms with Crippen LogP contribution < -0.4 is 13.9 Å². The summed E-state index contributed by atoms with van der Waals surface area (Å²) >= 11 is -0.287. The molecule has 0 aliphatic heterocycles. The number of sulfonamides is 1. The van der Waals surface area contributed by atoms with E-state index in [2.05, 4.69) is 0 Å². The van der Waals surface area contributed by atoms with Gasteiger partial charge in [-0.25, -0.2) is 0 Å².